The maximum Gasteiger partial charge on any atom is 0.253 e. The molecule has 12 nitrogen and oxygen atoms in total. The molecule has 0 bridgehead atoms. The average molecular weight is 791 g/mol. The number of imide groups is 1. The van der Waals surface area contributed by atoms with Crippen molar-refractivity contribution in [3.8, 4) is 5.75 Å². The second-order valence-corrected chi connectivity index (χ2v) is 16.6. The van der Waals surface area contributed by atoms with E-state index in [1.54, 1.807) is 20.4 Å². The van der Waals surface area contributed by atoms with Crippen LogP contribution in [0.15, 0.2) is 51.7 Å². The first-order valence-electron chi connectivity index (χ1n) is 18.9. The van der Waals surface area contributed by atoms with Gasteiger partial charge in [0, 0.05) is 81.7 Å². The van der Waals surface area contributed by atoms with Gasteiger partial charge < -0.3 is 29.9 Å². The van der Waals surface area contributed by atoms with Crippen molar-refractivity contribution >= 4 is 45.6 Å². The highest BCUT2D eigenvalue weighted by atomic mass is 79.9. The Morgan fingerprint density at radius 1 is 1.04 bits per heavy atom. The summed E-state index contributed by atoms with van der Waals surface area (Å²) in [5, 5.41) is 22.2. The Bertz CT molecular complexity index is 1780. The molecule has 284 valence electrons. The van der Waals surface area contributed by atoms with Crippen molar-refractivity contribution in [2.75, 3.05) is 65.4 Å². The number of hydrogen-bond acceptors (Lipinski definition) is 10. The number of halogens is 1. The van der Waals surface area contributed by atoms with Gasteiger partial charge in [-0.1, -0.05) is 12.1 Å². The predicted molar refractivity (Wildman–Crippen MR) is 208 cm³/mol. The van der Waals surface area contributed by atoms with Gasteiger partial charge in [-0.2, -0.15) is 5.10 Å². The van der Waals surface area contributed by atoms with Crippen molar-refractivity contribution in [3.05, 3.63) is 68.8 Å². The normalized spacial score (nSPS) is 26.6. The fourth-order valence-electron chi connectivity index (χ4n) is 9.03. The molecule has 4 saturated heterocycles. The van der Waals surface area contributed by atoms with Gasteiger partial charge in [-0.3, -0.25) is 24.7 Å². The number of aliphatic hydroxyl groups is 1. The number of carbonyl (C=O) groups excluding carboxylic acids is 3. The molecule has 2 aromatic carbocycles. The molecule has 5 heterocycles. The molecule has 13 heteroatoms. The van der Waals surface area contributed by atoms with E-state index in [-0.39, 0.29) is 35.1 Å². The van der Waals surface area contributed by atoms with E-state index in [1.165, 1.54) is 10.6 Å². The Morgan fingerprint density at radius 2 is 1.74 bits per heavy atom. The lowest BCUT2D eigenvalue weighted by Gasteiger charge is -2.47. The quantitative estimate of drug-likeness (QED) is 0.352. The minimum absolute atomic E-state index is 0.111. The maximum atomic E-state index is 13.7. The molecule has 5 aliphatic rings. The third-order valence-corrected chi connectivity index (χ3v) is 13.1. The van der Waals surface area contributed by atoms with E-state index in [2.05, 4.69) is 79.7 Å². The monoisotopic (exact) mass is 789 g/mol. The van der Waals surface area contributed by atoms with Crippen molar-refractivity contribution in [1.29, 1.82) is 0 Å². The van der Waals surface area contributed by atoms with Crippen molar-refractivity contribution in [2.24, 2.45) is 10.5 Å². The summed E-state index contributed by atoms with van der Waals surface area (Å²) in [5.41, 5.74) is 6.10. The number of benzene rings is 2. The van der Waals surface area contributed by atoms with E-state index < -0.39 is 6.23 Å². The first kappa shape index (κ1) is 37.4. The van der Waals surface area contributed by atoms with Crippen LogP contribution in [0.5, 0.6) is 5.75 Å². The van der Waals surface area contributed by atoms with Crippen LogP contribution in [0.4, 0.5) is 5.69 Å². The highest BCUT2D eigenvalue weighted by molar-refractivity contribution is 9.11. The number of aliphatic hydroxyl groups excluding tert-OH is 1. The van der Waals surface area contributed by atoms with Gasteiger partial charge in [-0.15, -0.1) is 0 Å². The molecule has 0 aliphatic carbocycles. The zero-order chi connectivity index (χ0) is 37.4. The number of anilines is 1. The number of allylic oxidation sites excluding steroid dienone is 1. The van der Waals surface area contributed by atoms with Crippen LogP contribution in [0, 0.1) is 12.3 Å². The third kappa shape index (κ3) is 7.84. The summed E-state index contributed by atoms with van der Waals surface area (Å²) in [5.74, 6) is 0.266. The van der Waals surface area contributed by atoms with Gasteiger partial charge in [0.1, 0.15) is 5.75 Å². The molecule has 0 aromatic heterocycles. The first-order valence-corrected chi connectivity index (χ1v) is 19.7. The number of hydrogen-bond donors (Lipinski definition) is 3. The van der Waals surface area contributed by atoms with Crippen LogP contribution < -0.4 is 20.3 Å². The summed E-state index contributed by atoms with van der Waals surface area (Å²) >= 11 is 3.53. The Balaban J connectivity index is 0.925. The number of ether oxygens (including phenoxy) is 1. The fraction of sp³-hybridized carbons (Fsp3) is 0.550. The summed E-state index contributed by atoms with van der Waals surface area (Å²) in [6.45, 7) is 7.33. The van der Waals surface area contributed by atoms with Gasteiger partial charge in [0.15, 0.2) is 6.23 Å². The summed E-state index contributed by atoms with van der Waals surface area (Å²) < 4.78 is 6.46. The van der Waals surface area contributed by atoms with E-state index in [0.29, 0.717) is 29.0 Å². The molecule has 4 atom stereocenters. The number of rotatable bonds is 7. The average Bonchev–Trinajstić information content (AvgIpc) is 3.15. The highest BCUT2D eigenvalue weighted by Gasteiger charge is 2.40. The second-order valence-electron chi connectivity index (χ2n) is 15.7. The number of hydrazone groups is 1. The first-order chi connectivity index (χ1) is 25.4. The van der Waals surface area contributed by atoms with Gasteiger partial charge in [0.05, 0.1) is 29.4 Å². The lowest BCUT2D eigenvalue weighted by molar-refractivity contribution is -0.134. The van der Waals surface area contributed by atoms with E-state index in [4.69, 9.17) is 4.74 Å². The zero-order valence-corrected chi connectivity index (χ0v) is 32.8. The number of aryl methyl sites for hydroxylation is 1. The standard InChI is InChI=1S/C40H52BrN7O5/c1-25-19-31(30-9-10-35(49)44-37(30)50)34(53-4)21-33(25)47-15-11-40(12-16-47)13-17-48(18-14-40)38(51)27-7-5-26(6-8-27)28-20-29(24-45(2)23-28)43-32-22-42-46(3)39(52)36(32)41/h5-8,19,21-22,28-30,39,43,52H,9-18,20,23-24H2,1-4H3,(H,44,49,50)/t28-,29+,30?,39?/m0/s1. The van der Waals surface area contributed by atoms with Crippen LogP contribution in [0.2, 0.25) is 0 Å². The number of carbonyl (C=O) groups is 3. The molecule has 7 rings (SSSR count). The lowest BCUT2D eigenvalue weighted by Crippen LogP contribution is -2.48. The van der Waals surface area contributed by atoms with Gasteiger partial charge in [0.25, 0.3) is 5.91 Å². The maximum absolute atomic E-state index is 13.7. The zero-order valence-electron chi connectivity index (χ0n) is 31.2. The smallest absolute Gasteiger partial charge is 0.253 e. The molecule has 4 fully saturated rings. The van der Waals surface area contributed by atoms with Crippen molar-refractivity contribution < 1.29 is 24.2 Å². The molecule has 0 saturated carbocycles. The fourth-order valence-corrected chi connectivity index (χ4v) is 9.55. The molecule has 1 spiro atoms. The molecular formula is C40H52BrN7O5. The number of nitrogens with zero attached hydrogens (tertiary/aromatic N) is 5. The molecular weight excluding hydrogens is 738 g/mol. The van der Waals surface area contributed by atoms with Crippen molar-refractivity contribution in [2.45, 2.75) is 76.0 Å². The number of nitrogens with one attached hydrogen (secondary N) is 2. The number of piperidine rings is 4. The minimum atomic E-state index is -0.803. The van der Waals surface area contributed by atoms with Crippen LogP contribution in [0.3, 0.4) is 0 Å². The third-order valence-electron chi connectivity index (χ3n) is 12.3. The van der Waals surface area contributed by atoms with Crippen LogP contribution in [0.1, 0.15) is 83.8 Å². The van der Waals surface area contributed by atoms with Gasteiger partial charge in [-0.25, -0.2) is 0 Å². The summed E-state index contributed by atoms with van der Waals surface area (Å²) in [6, 6.07) is 12.6. The van der Waals surface area contributed by atoms with Crippen LogP contribution in [-0.2, 0) is 9.59 Å². The Morgan fingerprint density at radius 3 is 2.42 bits per heavy atom. The SMILES string of the molecule is COc1cc(N2CCC3(CCN(C(=O)c4ccc([C@H]5C[C@@H](NC6=C(Br)C(O)N(C)N=C6)CN(C)C5)cc4)CC3)CC2)c(C)cc1C1CCC(=O)NC1=O. The number of methoxy groups -OCH3 is 1. The summed E-state index contributed by atoms with van der Waals surface area (Å²) in [7, 11) is 5.51. The second kappa shape index (κ2) is 15.4. The molecule has 2 aromatic rings. The molecule has 3 N–H and O–H groups in total. The minimum Gasteiger partial charge on any atom is -0.496 e. The predicted octanol–water partition coefficient (Wildman–Crippen LogP) is 4.28. The van der Waals surface area contributed by atoms with Gasteiger partial charge in [-0.05, 0) is 109 Å². The van der Waals surface area contributed by atoms with Crippen molar-refractivity contribution in [1.82, 2.24) is 25.4 Å². The summed E-state index contributed by atoms with van der Waals surface area (Å²) in [4.78, 5) is 44.8. The largest absolute Gasteiger partial charge is 0.496 e. The molecule has 53 heavy (non-hydrogen) atoms. The molecule has 2 unspecified atom stereocenters. The topological polar surface area (TPSA) is 130 Å². The van der Waals surface area contributed by atoms with Crippen LogP contribution in [-0.4, -0.2) is 117 Å². The number of amides is 3. The lowest BCUT2D eigenvalue weighted by atomic mass is 9.71. The Hall–Kier alpha value is -3.94. The van der Waals surface area contributed by atoms with Gasteiger partial charge >= 0.3 is 0 Å². The molecule has 3 amide bonds. The van der Waals surface area contributed by atoms with E-state index in [0.717, 1.165) is 99.4 Å². The number of likely N-dealkylation sites (N-methyl/N-ethyl adjacent to an activating group) is 2. The Kier molecular flexibility index (Phi) is 10.9. The van der Waals surface area contributed by atoms with E-state index >= 15 is 0 Å². The van der Waals surface area contributed by atoms with E-state index in [9.17, 15) is 19.5 Å². The van der Waals surface area contributed by atoms with E-state index in [1.807, 2.05) is 17.0 Å². The number of likely N-dealkylation sites (tertiary alicyclic amines) is 2. The summed E-state index contributed by atoms with van der Waals surface area (Å²) in [6.07, 6.45) is 6.88. The Labute approximate surface area is 320 Å². The molecule has 0 radical (unpaired) electrons. The van der Waals surface area contributed by atoms with Crippen LogP contribution >= 0.6 is 15.9 Å². The molecule has 5 aliphatic heterocycles. The van der Waals surface area contributed by atoms with Crippen LogP contribution in [0.25, 0.3) is 0 Å². The van der Waals surface area contributed by atoms with Gasteiger partial charge in [0.2, 0.25) is 11.8 Å². The van der Waals surface area contributed by atoms with Crippen molar-refractivity contribution in [3.63, 3.8) is 0 Å². The highest BCUT2D eigenvalue weighted by Crippen LogP contribution is 2.44.